The molecule has 0 fully saturated rings. The van der Waals surface area contributed by atoms with Gasteiger partial charge in [0.15, 0.2) is 4.77 Å². The molecule has 3 aromatic rings. The fourth-order valence-electron chi connectivity index (χ4n) is 2.34. The number of H-pyrrole nitrogens is 1. The lowest BCUT2D eigenvalue weighted by Crippen LogP contribution is -2.23. The first-order valence-electron chi connectivity index (χ1n) is 6.61. The summed E-state index contributed by atoms with van der Waals surface area (Å²) in [6, 6.07) is 1.94. The molecule has 0 saturated heterocycles. The number of fused-ring (bicyclic) bond motifs is 1. The quantitative estimate of drug-likeness (QED) is 0.736. The first kappa shape index (κ1) is 14.2. The molecule has 0 unspecified atom stereocenters. The highest BCUT2D eigenvalue weighted by molar-refractivity contribution is 7.71. The molecule has 3 heterocycles. The van der Waals surface area contributed by atoms with Crippen molar-refractivity contribution in [3.63, 3.8) is 0 Å². The van der Waals surface area contributed by atoms with Crippen LogP contribution in [0, 0.1) is 25.5 Å². The Morgan fingerprint density at radius 2 is 2.14 bits per heavy atom. The van der Waals surface area contributed by atoms with E-state index in [1.54, 1.807) is 28.3 Å². The van der Waals surface area contributed by atoms with Crippen LogP contribution in [-0.4, -0.2) is 14.5 Å². The molecule has 108 valence electrons. The Morgan fingerprint density at radius 3 is 2.86 bits per heavy atom. The first-order valence-corrected chi connectivity index (χ1v) is 7.84. The summed E-state index contributed by atoms with van der Waals surface area (Å²) in [5.74, 6) is 0. The molecule has 0 aliphatic heterocycles. The Morgan fingerprint density at radius 1 is 1.38 bits per heavy atom. The average Bonchev–Trinajstić information content (AvgIpc) is 2.72. The summed E-state index contributed by atoms with van der Waals surface area (Å²) in [5.41, 5.74) is 3.11. The van der Waals surface area contributed by atoms with Crippen molar-refractivity contribution in [2.75, 3.05) is 0 Å². The lowest BCUT2D eigenvalue weighted by Gasteiger charge is -2.08. The van der Waals surface area contributed by atoms with Gasteiger partial charge in [-0.25, -0.2) is 0 Å². The van der Waals surface area contributed by atoms with Crippen molar-refractivity contribution in [2.24, 2.45) is 0 Å². The highest BCUT2D eigenvalue weighted by atomic mass is 32.1. The van der Waals surface area contributed by atoms with E-state index < -0.39 is 0 Å². The van der Waals surface area contributed by atoms with E-state index in [9.17, 15) is 4.79 Å². The van der Waals surface area contributed by atoms with Crippen molar-refractivity contribution in [3.05, 3.63) is 55.2 Å². The molecule has 0 aromatic carbocycles. The Kier molecular flexibility index (Phi) is 3.51. The van der Waals surface area contributed by atoms with Gasteiger partial charge in [0.1, 0.15) is 4.83 Å². The van der Waals surface area contributed by atoms with Crippen LogP contribution in [0.4, 0.5) is 0 Å². The van der Waals surface area contributed by atoms with Crippen LogP contribution in [0.2, 0.25) is 0 Å². The van der Waals surface area contributed by atoms with Crippen LogP contribution in [0.25, 0.3) is 10.2 Å². The van der Waals surface area contributed by atoms with Gasteiger partial charge in [0.2, 0.25) is 0 Å². The molecule has 1 N–H and O–H groups in total. The van der Waals surface area contributed by atoms with Gasteiger partial charge >= 0.3 is 0 Å². The lowest BCUT2D eigenvalue weighted by atomic mass is 10.1. The number of aryl methyl sites for hydroxylation is 3. The number of thiophene rings is 1. The van der Waals surface area contributed by atoms with E-state index in [0.717, 1.165) is 31.8 Å². The summed E-state index contributed by atoms with van der Waals surface area (Å²) in [7, 11) is 0. The number of pyridine rings is 1. The fraction of sp³-hybridized carbons (Fsp3) is 0.267. The van der Waals surface area contributed by atoms with Crippen LogP contribution in [0.5, 0.6) is 0 Å². The second kappa shape index (κ2) is 5.20. The van der Waals surface area contributed by atoms with Crippen molar-refractivity contribution in [2.45, 2.75) is 27.3 Å². The number of aromatic amines is 1. The molecule has 0 atom stereocenters. The first-order chi connectivity index (χ1) is 9.99. The van der Waals surface area contributed by atoms with Crippen LogP contribution in [0.15, 0.2) is 23.3 Å². The molecule has 6 heteroatoms. The van der Waals surface area contributed by atoms with Crippen LogP contribution in [-0.2, 0) is 6.54 Å². The summed E-state index contributed by atoms with van der Waals surface area (Å²) in [6.07, 6.45) is 3.53. The topological polar surface area (TPSA) is 50.7 Å². The van der Waals surface area contributed by atoms with Crippen LogP contribution < -0.4 is 5.56 Å². The molecule has 0 saturated carbocycles. The largest absolute Gasteiger partial charge is 0.323 e. The van der Waals surface area contributed by atoms with Crippen molar-refractivity contribution in [3.8, 4) is 0 Å². The summed E-state index contributed by atoms with van der Waals surface area (Å²) >= 11 is 6.93. The summed E-state index contributed by atoms with van der Waals surface area (Å²) in [5, 5.41) is 0.743. The maximum atomic E-state index is 12.8. The average molecular weight is 317 g/mol. The third-order valence-electron chi connectivity index (χ3n) is 3.79. The van der Waals surface area contributed by atoms with Crippen molar-refractivity contribution >= 4 is 33.8 Å². The number of hydrogen-bond donors (Lipinski definition) is 1. The molecule has 3 aromatic heterocycles. The van der Waals surface area contributed by atoms with E-state index in [1.807, 2.05) is 26.8 Å². The SMILES string of the molecule is Cc1ccncc1Cn1c(=S)[nH]c2sc(C)c(C)c2c1=O. The minimum absolute atomic E-state index is 0.0288. The van der Waals surface area contributed by atoms with E-state index in [0.29, 0.717) is 11.3 Å². The molecule has 0 amide bonds. The minimum atomic E-state index is -0.0288. The maximum absolute atomic E-state index is 12.8. The zero-order chi connectivity index (χ0) is 15.1. The number of nitrogens with one attached hydrogen (secondary N) is 1. The molecular weight excluding hydrogens is 302 g/mol. The zero-order valence-electron chi connectivity index (χ0n) is 12.1. The summed E-state index contributed by atoms with van der Waals surface area (Å²) in [6.45, 7) is 6.45. The van der Waals surface area contributed by atoms with Gasteiger partial charge in [-0.3, -0.25) is 14.3 Å². The third kappa shape index (κ3) is 2.34. The van der Waals surface area contributed by atoms with Crippen molar-refractivity contribution in [1.29, 1.82) is 0 Å². The maximum Gasteiger partial charge on any atom is 0.263 e. The highest BCUT2D eigenvalue weighted by Gasteiger charge is 2.13. The molecule has 21 heavy (non-hydrogen) atoms. The normalized spacial score (nSPS) is 11.2. The van der Waals surface area contributed by atoms with E-state index >= 15 is 0 Å². The van der Waals surface area contributed by atoms with Gasteiger partial charge in [-0.05, 0) is 55.7 Å². The zero-order valence-corrected chi connectivity index (χ0v) is 13.7. The smallest absolute Gasteiger partial charge is 0.263 e. The van der Waals surface area contributed by atoms with Gasteiger partial charge in [0.05, 0.1) is 11.9 Å². The number of nitrogens with zero attached hydrogens (tertiary/aromatic N) is 2. The molecule has 0 aliphatic rings. The van der Waals surface area contributed by atoms with Gasteiger partial charge < -0.3 is 4.98 Å². The Balaban J connectivity index is 2.24. The van der Waals surface area contributed by atoms with Gasteiger partial charge in [-0.15, -0.1) is 11.3 Å². The van der Waals surface area contributed by atoms with Crippen LogP contribution in [0.1, 0.15) is 21.6 Å². The third-order valence-corrected chi connectivity index (χ3v) is 5.23. The van der Waals surface area contributed by atoms with E-state index in [1.165, 1.54) is 0 Å². The number of hydrogen-bond acceptors (Lipinski definition) is 4. The molecule has 3 rings (SSSR count). The molecule has 0 aliphatic carbocycles. The molecular formula is C15H15N3OS2. The monoisotopic (exact) mass is 317 g/mol. The summed E-state index contributed by atoms with van der Waals surface area (Å²) in [4.78, 5) is 22.1. The summed E-state index contributed by atoms with van der Waals surface area (Å²) < 4.78 is 2.07. The second-order valence-electron chi connectivity index (χ2n) is 5.11. The second-order valence-corrected chi connectivity index (χ2v) is 6.72. The Labute approximate surface area is 131 Å². The van der Waals surface area contributed by atoms with Gasteiger partial charge in [-0.2, -0.15) is 0 Å². The fourth-order valence-corrected chi connectivity index (χ4v) is 3.71. The van der Waals surface area contributed by atoms with Crippen LogP contribution >= 0.6 is 23.6 Å². The van der Waals surface area contributed by atoms with E-state index in [-0.39, 0.29) is 5.56 Å². The predicted octanol–water partition coefficient (Wildman–Crippen LogP) is 3.49. The predicted molar refractivity (Wildman–Crippen MR) is 88.8 cm³/mol. The van der Waals surface area contributed by atoms with Gasteiger partial charge in [0.25, 0.3) is 5.56 Å². The highest BCUT2D eigenvalue weighted by Crippen LogP contribution is 2.25. The van der Waals surface area contributed by atoms with Crippen LogP contribution in [0.3, 0.4) is 0 Å². The molecule has 4 nitrogen and oxygen atoms in total. The lowest BCUT2D eigenvalue weighted by molar-refractivity contribution is 0.728. The van der Waals surface area contributed by atoms with Gasteiger partial charge in [-0.1, -0.05) is 0 Å². The Bertz CT molecular complexity index is 950. The van der Waals surface area contributed by atoms with E-state index in [2.05, 4.69) is 9.97 Å². The van der Waals surface area contributed by atoms with Gasteiger partial charge in [0, 0.05) is 17.3 Å². The Hall–Kier alpha value is -1.79. The van der Waals surface area contributed by atoms with Crippen molar-refractivity contribution in [1.82, 2.24) is 14.5 Å². The molecule has 0 spiro atoms. The van der Waals surface area contributed by atoms with Crippen molar-refractivity contribution < 1.29 is 0 Å². The number of rotatable bonds is 2. The standard InChI is InChI=1S/C15H15N3OS2/c1-8-4-5-16-6-11(8)7-18-14(19)12-9(2)10(3)21-13(12)17-15(18)20/h4-6H,7H2,1-3H3,(H,17,20). The molecule has 0 radical (unpaired) electrons. The molecule has 0 bridgehead atoms. The van der Waals surface area contributed by atoms with E-state index in [4.69, 9.17) is 12.2 Å². The number of aromatic nitrogens is 3. The minimum Gasteiger partial charge on any atom is -0.323 e.